The van der Waals surface area contributed by atoms with Gasteiger partial charge in [0, 0.05) is 39.1 Å². The van der Waals surface area contributed by atoms with E-state index in [0.29, 0.717) is 6.42 Å². The second-order valence-electron chi connectivity index (χ2n) is 6.16. The van der Waals surface area contributed by atoms with Gasteiger partial charge in [0.1, 0.15) is 0 Å². The molecule has 1 heterocycles. The van der Waals surface area contributed by atoms with Crippen molar-refractivity contribution in [2.24, 2.45) is 0 Å². The summed E-state index contributed by atoms with van der Waals surface area (Å²) in [7, 11) is 0. The van der Waals surface area contributed by atoms with E-state index in [2.05, 4.69) is 39.8 Å². The van der Waals surface area contributed by atoms with Gasteiger partial charge in [0.15, 0.2) is 0 Å². The summed E-state index contributed by atoms with van der Waals surface area (Å²) in [6, 6.07) is 20.2. The van der Waals surface area contributed by atoms with E-state index in [0.717, 1.165) is 43.9 Å². The average molecular weight is 323 g/mol. The van der Waals surface area contributed by atoms with Gasteiger partial charge in [-0.05, 0) is 11.1 Å². The van der Waals surface area contributed by atoms with E-state index in [1.807, 2.05) is 36.4 Å². The number of hydrogen-bond donors (Lipinski definition) is 2. The highest BCUT2D eigenvalue weighted by atomic mass is 16.1. The molecule has 24 heavy (non-hydrogen) atoms. The predicted molar refractivity (Wildman–Crippen MR) is 96.8 cm³/mol. The smallest absolute Gasteiger partial charge is 0.222 e. The number of carbonyl (C=O) groups excluding carboxylic acids is 1. The van der Waals surface area contributed by atoms with Gasteiger partial charge in [0.25, 0.3) is 0 Å². The monoisotopic (exact) mass is 323 g/mol. The van der Waals surface area contributed by atoms with Crippen molar-refractivity contribution in [2.75, 3.05) is 32.7 Å². The highest BCUT2D eigenvalue weighted by Crippen LogP contribution is 2.21. The van der Waals surface area contributed by atoms with Gasteiger partial charge in [0.05, 0.1) is 6.04 Å². The fourth-order valence-electron chi connectivity index (χ4n) is 3.08. The fourth-order valence-corrected chi connectivity index (χ4v) is 3.08. The van der Waals surface area contributed by atoms with Gasteiger partial charge in [-0.3, -0.25) is 4.79 Å². The zero-order chi connectivity index (χ0) is 16.6. The van der Waals surface area contributed by atoms with Gasteiger partial charge >= 0.3 is 0 Å². The lowest BCUT2D eigenvalue weighted by atomic mass is 9.98. The molecule has 0 aliphatic carbocycles. The molecule has 4 nitrogen and oxygen atoms in total. The third kappa shape index (κ3) is 4.66. The van der Waals surface area contributed by atoms with E-state index < -0.39 is 0 Å². The Kier molecular flexibility index (Phi) is 5.99. The number of benzene rings is 2. The van der Waals surface area contributed by atoms with Crippen LogP contribution in [0.25, 0.3) is 0 Å². The maximum absolute atomic E-state index is 12.5. The Labute approximate surface area is 143 Å². The molecular formula is C20H25N3O. The summed E-state index contributed by atoms with van der Waals surface area (Å²) < 4.78 is 0. The van der Waals surface area contributed by atoms with Crippen LogP contribution in [0.1, 0.15) is 23.6 Å². The molecule has 1 saturated heterocycles. The summed E-state index contributed by atoms with van der Waals surface area (Å²) in [5.41, 5.74) is 2.22. The average Bonchev–Trinajstić information content (AvgIpc) is 2.67. The van der Waals surface area contributed by atoms with E-state index in [9.17, 15) is 4.79 Å². The molecule has 2 N–H and O–H groups in total. The molecule has 2 aromatic rings. The van der Waals surface area contributed by atoms with Gasteiger partial charge in [-0.2, -0.15) is 0 Å². The molecule has 1 fully saturated rings. The minimum atomic E-state index is -0.0945. The van der Waals surface area contributed by atoms with Crippen LogP contribution in [-0.2, 0) is 4.79 Å². The van der Waals surface area contributed by atoms with Crippen LogP contribution in [0.15, 0.2) is 60.7 Å². The molecule has 1 aliphatic rings. The van der Waals surface area contributed by atoms with E-state index in [1.165, 1.54) is 0 Å². The maximum atomic E-state index is 12.5. The number of nitrogens with zero attached hydrogens (tertiary/aromatic N) is 1. The number of rotatable bonds is 6. The minimum absolute atomic E-state index is 0.0945. The Bertz CT molecular complexity index is 584. The number of hydrogen-bond acceptors (Lipinski definition) is 3. The van der Waals surface area contributed by atoms with Gasteiger partial charge < -0.3 is 15.5 Å². The first kappa shape index (κ1) is 16.7. The Morgan fingerprint density at radius 3 is 2.04 bits per heavy atom. The summed E-state index contributed by atoms with van der Waals surface area (Å²) in [5, 5.41) is 6.54. The molecule has 0 unspecified atom stereocenters. The largest absolute Gasteiger partial charge is 0.345 e. The van der Waals surface area contributed by atoms with Gasteiger partial charge in [-0.25, -0.2) is 0 Å². The molecular weight excluding hydrogens is 298 g/mol. The second kappa shape index (κ2) is 8.62. The third-order valence-electron chi connectivity index (χ3n) is 4.44. The zero-order valence-electron chi connectivity index (χ0n) is 13.9. The van der Waals surface area contributed by atoms with E-state index in [1.54, 1.807) is 0 Å². The van der Waals surface area contributed by atoms with Crippen molar-refractivity contribution in [2.45, 2.75) is 12.5 Å². The molecule has 0 radical (unpaired) electrons. The van der Waals surface area contributed by atoms with Crippen LogP contribution in [0.2, 0.25) is 0 Å². The van der Waals surface area contributed by atoms with Gasteiger partial charge in [0.2, 0.25) is 5.91 Å². The Balaban J connectivity index is 1.64. The van der Waals surface area contributed by atoms with Crippen LogP contribution < -0.4 is 10.6 Å². The second-order valence-corrected chi connectivity index (χ2v) is 6.16. The lowest BCUT2D eigenvalue weighted by Crippen LogP contribution is -2.44. The topological polar surface area (TPSA) is 44.4 Å². The fraction of sp³-hybridized carbons (Fsp3) is 0.350. The summed E-state index contributed by atoms with van der Waals surface area (Å²) in [6.45, 7) is 4.89. The number of piperazine rings is 1. The van der Waals surface area contributed by atoms with Crippen LogP contribution in [0.4, 0.5) is 0 Å². The summed E-state index contributed by atoms with van der Waals surface area (Å²) in [5.74, 6) is 0.103. The molecule has 4 heteroatoms. The van der Waals surface area contributed by atoms with Crippen molar-refractivity contribution in [3.05, 3.63) is 71.8 Å². The lowest BCUT2D eigenvalue weighted by Gasteiger charge is -2.27. The molecule has 1 aliphatic heterocycles. The quantitative estimate of drug-likeness (QED) is 0.856. The number of nitrogens with one attached hydrogen (secondary N) is 2. The number of carbonyl (C=O) groups is 1. The van der Waals surface area contributed by atoms with Crippen LogP contribution in [0, 0.1) is 0 Å². The molecule has 0 aromatic heterocycles. The standard InChI is InChI=1S/C20H25N3O/c24-19(11-14-23-15-12-21-13-16-23)22-20(17-7-3-1-4-8-17)18-9-5-2-6-10-18/h1-10,20-21H,11-16H2,(H,22,24). The molecule has 2 aromatic carbocycles. The normalized spacial score (nSPS) is 15.4. The van der Waals surface area contributed by atoms with Crippen LogP contribution in [-0.4, -0.2) is 43.5 Å². The minimum Gasteiger partial charge on any atom is -0.345 e. The first-order chi connectivity index (χ1) is 11.8. The zero-order valence-corrected chi connectivity index (χ0v) is 13.9. The van der Waals surface area contributed by atoms with Crippen LogP contribution in [0.3, 0.4) is 0 Å². The summed E-state index contributed by atoms with van der Waals surface area (Å²) in [4.78, 5) is 14.8. The van der Waals surface area contributed by atoms with Crippen molar-refractivity contribution < 1.29 is 4.79 Å². The van der Waals surface area contributed by atoms with E-state index in [-0.39, 0.29) is 11.9 Å². The Morgan fingerprint density at radius 2 is 1.50 bits per heavy atom. The van der Waals surface area contributed by atoms with Crippen molar-refractivity contribution in [1.29, 1.82) is 0 Å². The molecule has 3 rings (SSSR count). The van der Waals surface area contributed by atoms with E-state index >= 15 is 0 Å². The third-order valence-corrected chi connectivity index (χ3v) is 4.44. The molecule has 126 valence electrons. The Hall–Kier alpha value is -2.17. The van der Waals surface area contributed by atoms with Crippen molar-refractivity contribution >= 4 is 5.91 Å². The van der Waals surface area contributed by atoms with Crippen LogP contribution >= 0.6 is 0 Å². The summed E-state index contributed by atoms with van der Waals surface area (Å²) >= 11 is 0. The lowest BCUT2D eigenvalue weighted by molar-refractivity contribution is -0.122. The van der Waals surface area contributed by atoms with Gasteiger partial charge in [-0.15, -0.1) is 0 Å². The van der Waals surface area contributed by atoms with E-state index in [4.69, 9.17) is 0 Å². The molecule has 0 atom stereocenters. The van der Waals surface area contributed by atoms with Crippen molar-refractivity contribution in [3.8, 4) is 0 Å². The van der Waals surface area contributed by atoms with Crippen molar-refractivity contribution in [1.82, 2.24) is 15.5 Å². The highest BCUT2D eigenvalue weighted by Gasteiger charge is 2.17. The van der Waals surface area contributed by atoms with Crippen molar-refractivity contribution in [3.63, 3.8) is 0 Å². The molecule has 0 saturated carbocycles. The first-order valence-electron chi connectivity index (χ1n) is 8.65. The predicted octanol–water partition coefficient (Wildman–Crippen LogP) is 2.19. The maximum Gasteiger partial charge on any atom is 0.222 e. The summed E-state index contributed by atoms with van der Waals surface area (Å²) in [6.07, 6.45) is 0.538. The molecule has 1 amide bonds. The Morgan fingerprint density at radius 1 is 0.958 bits per heavy atom. The van der Waals surface area contributed by atoms with Gasteiger partial charge in [-0.1, -0.05) is 60.7 Å². The molecule has 0 bridgehead atoms. The van der Waals surface area contributed by atoms with Crippen LogP contribution in [0.5, 0.6) is 0 Å². The molecule has 0 spiro atoms. The SMILES string of the molecule is O=C(CCN1CCNCC1)NC(c1ccccc1)c1ccccc1. The number of amides is 1. The first-order valence-corrected chi connectivity index (χ1v) is 8.65. The highest BCUT2D eigenvalue weighted by molar-refractivity contribution is 5.77.